The van der Waals surface area contributed by atoms with E-state index in [0.717, 1.165) is 22.7 Å². The van der Waals surface area contributed by atoms with Crippen molar-refractivity contribution in [1.82, 2.24) is 61.5 Å². The van der Waals surface area contributed by atoms with Gasteiger partial charge in [0, 0.05) is 53.0 Å². The number of fused-ring (bicyclic) bond motifs is 14. The number of esters is 1. The molecular weight excluding hydrogens is 1180 g/mol. The smallest absolute Gasteiger partial charge is 0.413 e. The Hall–Kier alpha value is -7.80. The van der Waals surface area contributed by atoms with Gasteiger partial charge in [-0.2, -0.15) is 0 Å². The van der Waals surface area contributed by atoms with Crippen molar-refractivity contribution in [2.75, 3.05) is 26.0 Å². The van der Waals surface area contributed by atoms with Crippen LogP contribution in [0.15, 0.2) is 64.0 Å². The Balaban J connectivity index is 1.15. The third-order valence-corrected chi connectivity index (χ3v) is 17.9. The molecule has 9 rings (SSSR count). The molecule has 6 amide bonds. The highest BCUT2D eigenvalue weighted by Gasteiger charge is 2.35. The number of methoxy groups -OCH3 is 1. The van der Waals surface area contributed by atoms with E-state index < -0.39 is 78.0 Å². The predicted octanol–water partition coefficient (Wildman–Crippen LogP) is 9.23. The molecule has 0 fully saturated rings. The number of carbonyl (C=O) groups is 7. The van der Waals surface area contributed by atoms with Crippen LogP contribution in [0.2, 0.25) is 0 Å². The second kappa shape index (κ2) is 25.8. The number of hydrogen-bond donors (Lipinski definition) is 6. The zero-order valence-electron chi connectivity index (χ0n) is 46.0. The summed E-state index contributed by atoms with van der Waals surface area (Å²) in [7, 11) is 2.94. The maximum Gasteiger partial charge on any atom is 0.413 e. The summed E-state index contributed by atoms with van der Waals surface area (Å²) in [6.45, 7) is 11.4. The fourth-order valence-corrected chi connectivity index (χ4v) is 13.8. The van der Waals surface area contributed by atoms with E-state index in [0.29, 0.717) is 73.7 Å². The minimum Gasteiger partial charge on any atom is -0.455 e. The molecule has 10 bridgehead atoms. The number of thiazole rings is 6. The molecule has 1 aliphatic heterocycles. The maximum absolute atomic E-state index is 14.3. The molecular formula is C54H55N13O10S6. The van der Waals surface area contributed by atoms with Gasteiger partial charge in [-0.25, -0.2) is 39.7 Å². The quantitative estimate of drug-likeness (QED) is 0.0695. The zero-order valence-corrected chi connectivity index (χ0v) is 50.9. The predicted molar refractivity (Wildman–Crippen MR) is 316 cm³/mol. The van der Waals surface area contributed by atoms with E-state index in [1.54, 1.807) is 91.7 Å². The maximum atomic E-state index is 14.3. The Labute approximate surface area is 499 Å². The highest BCUT2D eigenvalue weighted by atomic mass is 32.1. The van der Waals surface area contributed by atoms with Gasteiger partial charge in [0.05, 0.1) is 42.2 Å². The molecule has 7 aromatic heterocycles. The van der Waals surface area contributed by atoms with Crippen LogP contribution in [0.3, 0.4) is 0 Å². The molecule has 0 radical (unpaired) electrons. The van der Waals surface area contributed by atoms with Crippen LogP contribution in [0, 0.1) is 12.8 Å². The molecule has 8 heterocycles. The first-order chi connectivity index (χ1) is 39.6. The van der Waals surface area contributed by atoms with Crippen LogP contribution in [-0.2, 0) is 35.2 Å². The number of amides is 6. The van der Waals surface area contributed by atoms with Crippen molar-refractivity contribution in [1.29, 1.82) is 0 Å². The molecule has 6 N–H and O–H groups in total. The number of ether oxygens (including phenoxy) is 3. The Morgan fingerprint density at radius 2 is 1.40 bits per heavy atom. The largest absolute Gasteiger partial charge is 0.455 e. The van der Waals surface area contributed by atoms with Gasteiger partial charge in [-0.15, -0.1) is 68.0 Å². The molecule has 0 unspecified atom stereocenters. The molecule has 29 heteroatoms. The number of benzene rings is 1. The molecule has 1 aliphatic rings. The van der Waals surface area contributed by atoms with E-state index in [1.807, 2.05) is 13.8 Å². The molecule has 4 atom stereocenters. The van der Waals surface area contributed by atoms with Gasteiger partial charge in [-0.3, -0.25) is 34.1 Å². The number of aromatic nitrogens is 7. The number of aryl methyl sites for hydroxylation is 1. The number of rotatable bonds is 10. The van der Waals surface area contributed by atoms with Gasteiger partial charge in [0.2, 0.25) is 11.8 Å². The third kappa shape index (κ3) is 14.3. The average Bonchev–Trinajstić information content (AvgIpc) is 4.07. The lowest BCUT2D eigenvalue weighted by Crippen LogP contribution is -2.41. The van der Waals surface area contributed by atoms with Crippen LogP contribution < -0.4 is 31.9 Å². The van der Waals surface area contributed by atoms with Gasteiger partial charge in [-0.1, -0.05) is 44.2 Å². The fourth-order valence-electron chi connectivity index (χ4n) is 8.35. The van der Waals surface area contributed by atoms with Gasteiger partial charge in [-0.05, 0) is 51.3 Å². The van der Waals surface area contributed by atoms with Crippen LogP contribution in [0.4, 0.5) is 10.6 Å². The van der Waals surface area contributed by atoms with Crippen LogP contribution in [-0.4, -0.2) is 103 Å². The molecule has 0 aliphatic carbocycles. The summed E-state index contributed by atoms with van der Waals surface area (Å²) >= 11 is 7.17. The number of hydrogen-bond acceptors (Lipinski definition) is 23. The number of nitrogens with zero attached hydrogens (tertiary/aromatic N) is 7. The summed E-state index contributed by atoms with van der Waals surface area (Å²) in [5.41, 5.74) is 1.99. The lowest BCUT2D eigenvalue weighted by molar-refractivity contribution is -0.149. The van der Waals surface area contributed by atoms with Crippen LogP contribution in [0.5, 0.6) is 0 Å². The molecule has 23 nitrogen and oxygen atoms in total. The minimum atomic E-state index is -1.08. The summed E-state index contributed by atoms with van der Waals surface area (Å²) in [6.07, 6.45) is -1.97. The molecule has 83 heavy (non-hydrogen) atoms. The summed E-state index contributed by atoms with van der Waals surface area (Å²) in [5.74, 6) is -3.54. The first-order valence-electron chi connectivity index (χ1n) is 25.6. The number of pyridine rings is 1. The second-order valence-electron chi connectivity index (χ2n) is 19.9. The summed E-state index contributed by atoms with van der Waals surface area (Å²) in [6, 6.07) is 9.59. The average molecular weight is 1240 g/mol. The lowest BCUT2D eigenvalue weighted by Gasteiger charge is -2.26. The monoisotopic (exact) mass is 1240 g/mol. The Bertz CT molecular complexity index is 3730. The van der Waals surface area contributed by atoms with E-state index in [-0.39, 0.29) is 41.8 Å². The van der Waals surface area contributed by atoms with E-state index in [2.05, 4.69) is 36.9 Å². The first-order valence-corrected chi connectivity index (χ1v) is 30.7. The highest BCUT2D eigenvalue weighted by molar-refractivity contribution is 7.15. The van der Waals surface area contributed by atoms with E-state index >= 15 is 0 Å². The number of carbonyl (C=O) groups excluding carboxylic acids is 7. The molecule has 432 valence electrons. The number of anilines is 1. The van der Waals surface area contributed by atoms with Gasteiger partial charge in [0.25, 0.3) is 17.7 Å². The van der Waals surface area contributed by atoms with Crippen LogP contribution in [0.25, 0.3) is 43.4 Å². The molecule has 8 aromatic rings. The van der Waals surface area contributed by atoms with Gasteiger partial charge in [0.15, 0.2) is 6.10 Å². The Morgan fingerprint density at radius 3 is 2.12 bits per heavy atom. The lowest BCUT2D eigenvalue weighted by atomic mass is 10.0. The van der Waals surface area contributed by atoms with Crippen LogP contribution in [0.1, 0.15) is 134 Å². The van der Waals surface area contributed by atoms with Crippen LogP contribution >= 0.6 is 68.0 Å². The number of nitrogens with one attached hydrogen (secondary N) is 6. The van der Waals surface area contributed by atoms with Crippen molar-refractivity contribution in [2.24, 2.45) is 5.92 Å². The van der Waals surface area contributed by atoms with Crippen molar-refractivity contribution in [3.05, 3.63) is 111 Å². The van der Waals surface area contributed by atoms with Crippen molar-refractivity contribution >= 4 is 115 Å². The van der Waals surface area contributed by atoms with Crippen molar-refractivity contribution in [3.63, 3.8) is 0 Å². The topological polar surface area (TPSA) is 310 Å². The zero-order chi connectivity index (χ0) is 59.3. The molecule has 0 saturated heterocycles. The highest BCUT2D eigenvalue weighted by Crippen LogP contribution is 2.41. The Kier molecular flexibility index (Phi) is 18.6. The van der Waals surface area contributed by atoms with E-state index in [1.165, 1.54) is 66.4 Å². The molecule has 1 aromatic carbocycles. The van der Waals surface area contributed by atoms with Gasteiger partial charge in [0.1, 0.15) is 81.7 Å². The normalized spacial score (nSPS) is 16.4. The fraction of sp³-hybridized carbons (Fsp3) is 0.333. The summed E-state index contributed by atoms with van der Waals surface area (Å²) < 4.78 is 16.8. The molecule has 0 spiro atoms. The SMILES string of the molecule is CNC(=O)C[C@@H]1NC(=O)c2csc(n2)-c2ccc(-c3nc(NC(=O)OC(C)(C)C)cs3)nc2-c2csc(n2)-c2csc(n2)[C@H]([C@@H](OC(C)=O)c2ccccc2)NC(=O)CNC(=O)c2nc(sc2COC)[C@H](C(C)C)NC(=O)c2nc1sc2C. The van der Waals surface area contributed by atoms with Crippen molar-refractivity contribution in [3.8, 4) is 43.4 Å². The second-order valence-corrected chi connectivity index (χ2v) is 25.7. The standard InChI is InChI=1S/C54H55N13O10S6/c1-24(2)38-52-67-41(34(83-52)19-75-9)45(72)56-18-37(70)64-42(43(76-26(4)68)27-13-11-10-12-14-27)51-61-33(22-80-51)49-59-31(20-79-49)40-28(15-16-29(57-40)48-62-35(23-81-48)63-53(74)77-54(5,6)7)47-60-32(21-78-47)44(71)58-30(17-36(69)55-8)50-66-39(25(3)82-50)46(73)65-38/h10-16,20-24,30,38,42-43H,17-19H2,1-9H3,(H,55,69)(H,56,72)(H,58,71)(H,63,74)(H,64,70)(H,65,73)/t30-,38-,42-,43-/m0/s1. The van der Waals surface area contributed by atoms with Crippen molar-refractivity contribution in [2.45, 2.75) is 91.3 Å². The Morgan fingerprint density at radius 1 is 0.699 bits per heavy atom. The first kappa shape index (κ1) is 59.8. The van der Waals surface area contributed by atoms with E-state index in [9.17, 15) is 33.6 Å². The summed E-state index contributed by atoms with van der Waals surface area (Å²) in [5, 5.41) is 26.0. The summed E-state index contributed by atoms with van der Waals surface area (Å²) in [4.78, 5) is 130. The molecule has 0 saturated carbocycles. The van der Waals surface area contributed by atoms with E-state index in [4.69, 9.17) is 44.1 Å². The third-order valence-electron chi connectivity index (χ3n) is 12.1. The van der Waals surface area contributed by atoms with Gasteiger partial charge >= 0.3 is 12.1 Å². The van der Waals surface area contributed by atoms with Crippen molar-refractivity contribution < 1.29 is 47.8 Å². The minimum absolute atomic E-state index is 0.00906. The van der Waals surface area contributed by atoms with Gasteiger partial charge < -0.3 is 40.8 Å².